The fourth-order valence-electron chi connectivity index (χ4n) is 4.35. The predicted octanol–water partition coefficient (Wildman–Crippen LogP) is 3.85. The van der Waals surface area contributed by atoms with Crippen LogP contribution in [0.1, 0.15) is 59.0 Å². The molecular formula is C27H30N4O4. The second kappa shape index (κ2) is 11.0. The van der Waals surface area contributed by atoms with Crippen molar-refractivity contribution in [3.63, 3.8) is 0 Å². The molecule has 1 aliphatic rings. The van der Waals surface area contributed by atoms with E-state index in [1.54, 1.807) is 30.6 Å². The molecule has 0 saturated heterocycles. The maximum atomic E-state index is 13.7. The van der Waals surface area contributed by atoms with E-state index in [0.717, 1.165) is 36.8 Å². The summed E-state index contributed by atoms with van der Waals surface area (Å²) in [7, 11) is 0. The van der Waals surface area contributed by atoms with Gasteiger partial charge in [-0.25, -0.2) is 0 Å². The number of amides is 3. The summed E-state index contributed by atoms with van der Waals surface area (Å²) in [5, 5.41) is 5.74. The van der Waals surface area contributed by atoms with Crippen LogP contribution in [0.15, 0.2) is 65.5 Å². The molecule has 8 heteroatoms. The zero-order chi connectivity index (χ0) is 24.8. The molecular weight excluding hydrogens is 444 g/mol. The summed E-state index contributed by atoms with van der Waals surface area (Å²) in [5.41, 5.74) is 3.22. The molecule has 3 aromatic rings. The van der Waals surface area contributed by atoms with Gasteiger partial charge in [-0.05, 0) is 68.1 Å². The first-order valence-electron chi connectivity index (χ1n) is 11.9. The van der Waals surface area contributed by atoms with Gasteiger partial charge in [0.1, 0.15) is 6.04 Å². The second-order valence-corrected chi connectivity index (χ2v) is 8.87. The van der Waals surface area contributed by atoms with Crippen LogP contribution in [0, 0.1) is 13.8 Å². The zero-order valence-corrected chi connectivity index (χ0v) is 20.0. The monoisotopic (exact) mass is 474 g/mol. The van der Waals surface area contributed by atoms with Gasteiger partial charge in [-0.1, -0.05) is 25.0 Å². The van der Waals surface area contributed by atoms with Crippen LogP contribution in [0.3, 0.4) is 0 Å². The van der Waals surface area contributed by atoms with Crippen LogP contribution in [0.2, 0.25) is 0 Å². The second-order valence-electron chi connectivity index (χ2n) is 8.87. The molecule has 1 aliphatic carbocycles. The summed E-state index contributed by atoms with van der Waals surface area (Å²) in [5.74, 6) is -1.09. The minimum atomic E-state index is -0.945. The third-order valence-electron chi connectivity index (χ3n) is 6.39. The molecule has 1 fully saturated rings. The molecule has 0 spiro atoms. The number of aromatic nitrogens is 1. The van der Waals surface area contributed by atoms with Gasteiger partial charge in [-0.2, -0.15) is 0 Å². The van der Waals surface area contributed by atoms with Crippen LogP contribution in [0.5, 0.6) is 0 Å². The zero-order valence-electron chi connectivity index (χ0n) is 20.0. The fourth-order valence-corrected chi connectivity index (χ4v) is 4.35. The fraction of sp³-hybridized carbons (Fsp3) is 0.333. The van der Waals surface area contributed by atoms with Crippen molar-refractivity contribution < 1.29 is 18.8 Å². The highest BCUT2D eigenvalue weighted by Gasteiger charge is 2.34. The maximum absolute atomic E-state index is 13.7. The van der Waals surface area contributed by atoms with E-state index in [4.69, 9.17) is 4.42 Å². The molecule has 2 heterocycles. The van der Waals surface area contributed by atoms with E-state index in [1.165, 1.54) is 17.2 Å². The summed E-state index contributed by atoms with van der Waals surface area (Å²) in [6.45, 7) is 3.64. The average molecular weight is 475 g/mol. The highest BCUT2D eigenvalue weighted by atomic mass is 16.3. The van der Waals surface area contributed by atoms with Gasteiger partial charge >= 0.3 is 0 Å². The summed E-state index contributed by atoms with van der Waals surface area (Å²) >= 11 is 0. The predicted molar refractivity (Wildman–Crippen MR) is 132 cm³/mol. The van der Waals surface area contributed by atoms with Crippen LogP contribution >= 0.6 is 0 Å². The van der Waals surface area contributed by atoms with Crippen molar-refractivity contribution in [2.75, 3.05) is 11.4 Å². The highest BCUT2D eigenvalue weighted by molar-refractivity contribution is 6.04. The van der Waals surface area contributed by atoms with Crippen molar-refractivity contribution in [1.82, 2.24) is 15.6 Å². The minimum absolute atomic E-state index is 0.0806. The Kier molecular flexibility index (Phi) is 7.60. The lowest BCUT2D eigenvalue weighted by Gasteiger charge is -2.32. The molecule has 35 heavy (non-hydrogen) atoms. The largest absolute Gasteiger partial charge is 0.459 e. The molecule has 3 amide bonds. The molecule has 1 saturated carbocycles. The van der Waals surface area contributed by atoms with Crippen LogP contribution < -0.4 is 15.5 Å². The lowest BCUT2D eigenvalue weighted by molar-refractivity contribution is -0.126. The Balaban J connectivity index is 1.69. The number of furan rings is 1. The first kappa shape index (κ1) is 24.2. The first-order chi connectivity index (χ1) is 16.9. The van der Waals surface area contributed by atoms with Crippen LogP contribution in [0.25, 0.3) is 0 Å². The SMILES string of the molecule is Cc1ccc(N(C(=O)CNC(=O)c2ccco2)[C@H](C(=O)NC2CCCC2)c2cccnc2)cc1C. The summed E-state index contributed by atoms with van der Waals surface area (Å²) in [4.78, 5) is 45.4. The van der Waals surface area contributed by atoms with E-state index in [0.29, 0.717) is 11.3 Å². The number of carbonyl (C=O) groups is 3. The molecule has 0 aliphatic heterocycles. The Bertz CT molecular complexity index is 1170. The number of hydrogen-bond donors (Lipinski definition) is 2. The van der Waals surface area contributed by atoms with Crippen molar-refractivity contribution in [2.45, 2.75) is 51.6 Å². The van der Waals surface area contributed by atoms with Crippen molar-refractivity contribution in [2.24, 2.45) is 0 Å². The molecule has 182 valence electrons. The van der Waals surface area contributed by atoms with Gasteiger partial charge in [-0.3, -0.25) is 24.3 Å². The molecule has 0 radical (unpaired) electrons. The summed E-state index contributed by atoms with van der Waals surface area (Å²) < 4.78 is 5.12. The molecule has 4 rings (SSSR count). The first-order valence-corrected chi connectivity index (χ1v) is 11.9. The number of benzene rings is 1. The molecule has 0 bridgehead atoms. The third-order valence-corrected chi connectivity index (χ3v) is 6.39. The van der Waals surface area contributed by atoms with E-state index in [1.807, 2.05) is 32.0 Å². The van der Waals surface area contributed by atoms with E-state index >= 15 is 0 Å². The van der Waals surface area contributed by atoms with E-state index < -0.39 is 17.9 Å². The molecule has 2 aromatic heterocycles. The Morgan fingerprint density at radius 1 is 1.09 bits per heavy atom. The molecule has 1 atom stereocenters. The van der Waals surface area contributed by atoms with Gasteiger partial charge in [-0.15, -0.1) is 0 Å². The van der Waals surface area contributed by atoms with Gasteiger partial charge in [0.05, 0.1) is 12.8 Å². The van der Waals surface area contributed by atoms with Gasteiger partial charge < -0.3 is 15.1 Å². The van der Waals surface area contributed by atoms with Gasteiger partial charge in [0.2, 0.25) is 11.8 Å². The number of anilines is 1. The van der Waals surface area contributed by atoms with Crippen LogP contribution in [0.4, 0.5) is 5.69 Å². The molecule has 1 aromatic carbocycles. The Morgan fingerprint density at radius 2 is 1.89 bits per heavy atom. The minimum Gasteiger partial charge on any atom is -0.459 e. The maximum Gasteiger partial charge on any atom is 0.287 e. The number of nitrogens with zero attached hydrogens (tertiary/aromatic N) is 2. The number of hydrogen-bond acceptors (Lipinski definition) is 5. The average Bonchev–Trinajstić information content (AvgIpc) is 3.58. The number of carbonyl (C=O) groups excluding carboxylic acids is 3. The lowest BCUT2D eigenvalue weighted by Crippen LogP contribution is -2.49. The van der Waals surface area contributed by atoms with E-state index in [2.05, 4.69) is 15.6 Å². The topological polar surface area (TPSA) is 105 Å². The standard InChI is InChI=1S/C27H30N4O4/c1-18-11-12-22(15-19(18)2)31(24(32)17-29-26(33)23-10-6-14-35-23)25(20-7-5-13-28-16-20)27(34)30-21-8-3-4-9-21/h5-7,10-16,21,25H,3-4,8-9,17H2,1-2H3,(H,29,33)(H,30,34)/t25-/m0/s1. The lowest BCUT2D eigenvalue weighted by atomic mass is 10.0. The Morgan fingerprint density at radius 3 is 2.54 bits per heavy atom. The van der Waals surface area contributed by atoms with Gasteiger partial charge in [0.25, 0.3) is 5.91 Å². The number of nitrogens with one attached hydrogen (secondary N) is 2. The molecule has 2 N–H and O–H groups in total. The van der Waals surface area contributed by atoms with E-state index in [9.17, 15) is 14.4 Å². The molecule has 8 nitrogen and oxygen atoms in total. The van der Waals surface area contributed by atoms with E-state index in [-0.39, 0.29) is 24.3 Å². The highest BCUT2D eigenvalue weighted by Crippen LogP contribution is 2.30. The summed E-state index contributed by atoms with van der Waals surface area (Å²) in [6, 6.07) is 11.4. The van der Waals surface area contributed by atoms with Crippen LogP contribution in [-0.2, 0) is 9.59 Å². The van der Waals surface area contributed by atoms with Gasteiger partial charge in [0.15, 0.2) is 5.76 Å². The smallest absolute Gasteiger partial charge is 0.287 e. The van der Waals surface area contributed by atoms with Gasteiger partial charge in [0, 0.05) is 29.7 Å². The van der Waals surface area contributed by atoms with Crippen molar-refractivity contribution >= 4 is 23.4 Å². The van der Waals surface area contributed by atoms with Crippen molar-refractivity contribution in [1.29, 1.82) is 0 Å². The Labute approximate surface area is 204 Å². The van der Waals surface area contributed by atoms with Crippen molar-refractivity contribution in [3.8, 4) is 0 Å². The quantitative estimate of drug-likeness (QED) is 0.516. The number of rotatable bonds is 8. The van der Waals surface area contributed by atoms with Crippen LogP contribution in [-0.4, -0.2) is 35.3 Å². The number of pyridine rings is 1. The normalized spacial score (nSPS) is 14.3. The third kappa shape index (κ3) is 5.77. The number of aryl methyl sites for hydroxylation is 2. The van der Waals surface area contributed by atoms with Crippen molar-refractivity contribution in [3.05, 3.63) is 83.6 Å². The Hall–Kier alpha value is -3.94. The molecule has 0 unspecified atom stereocenters. The summed E-state index contributed by atoms with van der Waals surface area (Å²) in [6.07, 6.45) is 8.60.